The lowest BCUT2D eigenvalue weighted by molar-refractivity contribution is -0.0449. The molecule has 18 heavy (non-hydrogen) atoms. The third kappa shape index (κ3) is 2.14. The summed E-state index contributed by atoms with van der Waals surface area (Å²) in [7, 11) is 0. The van der Waals surface area contributed by atoms with Crippen molar-refractivity contribution in [1.82, 2.24) is 5.32 Å². The molecule has 2 aromatic rings. The van der Waals surface area contributed by atoms with Crippen LogP contribution in [-0.2, 0) is 5.60 Å². The first-order chi connectivity index (χ1) is 8.61. The van der Waals surface area contributed by atoms with Crippen molar-refractivity contribution in [2.45, 2.75) is 25.5 Å². The average Bonchev–Trinajstić information content (AvgIpc) is 2.85. The van der Waals surface area contributed by atoms with Crippen LogP contribution in [-0.4, -0.2) is 29.4 Å². The summed E-state index contributed by atoms with van der Waals surface area (Å²) in [6.45, 7) is 4.23. The third-order valence-corrected chi connectivity index (χ3v) is 3.42. The number of likely N-dealkylation sites (N-methyl/N-ethyl adjacent to an activating group) is 1. The molecule has 0 amide bonds. The van der Waals surface area contributed by atoms with Gasteiger partial charge < -0.3 is 19.9 Å². The number of nitrogens with one attached hydrogen (secondary N) is 1. The molecule has 0 aliphatic rings. The Bertz CT molecular complexity index is 522. The van der Waals surface area contributed by atoms with Gasteiger partial charge in [-0.15, -0.1) is 0 Å². The molecular weight excluding hydrogens is 230 g/mol. The predicted molar refractivity (Wildman–Crippen MR) is 70.3 cm³/mol. The third-order valence-electron chi connectivity index (χ3n) is 3.42. The van der Waals surface area contributed by atoms with Crippen LogP contribution >= 0.6 is 0 Å². The monoisotopic (exact) mass is 249 g/mol. The van der Waals surface area contributed by atoms with Crippen molar-refractivity contribution in [2.24, 2.45) is 0 Å². The van der Waals surface area contributed by atoms with Gasteiger partial charge in [0.1, 0.15) is 11.2 Å². The molecule has 2 atom stereocenters. The molecule has 2 rings (SSSR count). The highest BCUT2D eigenvalue weighted by atomic mass is 16.3. The molecule has 2 unspecified atom stereocenters. The predicted octanol–water partition coefficient (Wildman–Crippen LogP) is 1.61. The maximum absolute atomic E-state index is 10.6. The average molecular weight is 249 g/mol. The second-order valence-corrected chi connectivity index (χ2v) is 4.53. The van der Waals surface area contributed by atoms with Crippen molar-refractivity contribution in [3.63, 3.8) is 0 Å². The molecule has 1 heterocycles. The van der Waals surface area contributed by atoms with Crippen molar-refractivity contribution in [2.75, 3.05) is 13.2 Å². The lowest BCUT2D eigenvalue weighted by Gasteiger charge is -2.33. The first-order valence-electron chi connectivity index (χ1n) is 6.16. The molecule has 0 aliphatic carbocycles. The Balaban J connectivity index is 2.41. The van der Waals surface area contributed by atoms with Crippen LogP contribution in [0.1, 0.15) is 19.4 Å². The first kappa shape index (κ1) is 13.1. The second-order valence-electron chi connectivity index (χ2n) is 4.53. The van der Waals surface area contributed by atoms with Gasteiger partial charge in [-0.05, 0) is 37.2 Å². The highest BCUT2D eigenvalue weighted by Gasteiger charge is 2.34. The Hall–Kier alpha value is -1.36. The Morgan fingerprint density at radius 2 is 2.17 bits per heavy atom. The maximum Gasteiger partial charge on any atom is 0.133 e. The van der Waals surface area contributed by atoms with E-state index in [2.05, 4.69) is 5.32 Å². The summed E-state index contributed by atoms with van der Waals surface area (Å²) in [4.78, 5) is 0. The fourth-order valence-corrected chi connectivity index (χ4v) is 2.19. The number of aliphatic hydroxyl groups excluding tert-OH is 1. The summed E-state index contributed by atoms with van der Waals surface area (Å²) in [6.07, 6.45) is 1.61. The van der Waals surface area contributed by atoms with Crippen LogP contribution in [0.5, 0.6) is 0 Å². The van der Waals surface area contributed by atoms with Gasteiger partial charge in [0.2, 0.25) is 0 Å². The molecule has 98 valence electrons. The second kappa shape index (κ2) is 5.10. The van der Waals surface area contributed by atoms with Gasteiger partial charge in [-0.2, -0.15) is 0 Å². The highest BCUT2D eigenvalue weighted by Crippen LogP contribution is 2.28. The van der Waals surface area contributed by atoms with Crippen molar-refractivity contribution < 1.29 is 14.6 Å². The van der Waals surface area contributed by atoms with Gasteiger partial charge in [-0.25, -0.2) is 0 Å². The van der Waals surface area contributed by atoms with E-state index in [1.54, 1.807) is 12.3 Å². The number of aliphatic hydroxyl groups is 2. The van der Waals surface area contributed by atoms with E-state index in [0.29, 0.717) is 5.56 Å². The van der Waals surface area contributed by atoms with Crippen molar-refractivity contribution >= 4 is 11.0 Å². The molecule has 0 spiro atoms. The van der Waals surface area contributed by atoms with E-state index < -0.39 is 5.60 Å². The van der Waals surface area contributed by atoms with Crippen molar-refractivity contribution in [3.8, 4) is 0 Å². The molecule has 3 N–H and O–H groups in total. The summed E-state index contributed by atoms with van der Waals surface area (Å²) in [5.74, 6) is 0. The molecular formula is C14H19NO3. The number of furan rings is 1. The van der Waals surface area contributed by atoms with Crippen molar-refractivity contribution in [3.05, 3.63) is 36.1 Å². The summed E-state index contributed by atoms with van der Waals surface area (Å²) in [6, 6.07) is 7.05. The molecule has 0 saturated heterocycles. The van der Waals surface area contributed by atoms with E-state index in [1.165, 1.54) is 0 Å². The number of benzene rings is 1. The molecule has 4 nitrogen and oxygen atoms in total. The Morgan fingerprint density at radius 3 is 2.83 bits per heavy atom. The Labute approximate surface area is 106 Å². The van der Waals surface area contributed by atoms with Gasteiger partial charge >= 0.3 is 0 Å². The van der Waals surface area contributed by atoms with E-state index in [1.807, 2.05) is 32.0 Å². The smallest absolute Gasteiger partial charge is 0.133 e. The Kier molecular flexibility index (Phi) is 3.71. The summed E-state index contributed by atoms with van der Waals surface area (Å²) < 4.78 is 5.27. The standard InChI is InChI=1S/C14H19NO3/c1-3-15-10(2)14(17,9-16)12-4-5-13-11(8-12)6-7-18-13/h4-8,10,15-17H,3,9H2,1-2H3. The number of rotatable bonds is 5. The minimum atomic E-state index is -1.29. The molecule has 0 saturated carbocycles. The van der Waals surface area contributed by atoms with Crippen LogP contribution in [0.3, 0.4) is 0 Å². The number of hydrogen-bond donors (Lipinski definition) is 3. The summed E-state index contributed by atoms with van der Waals surface area (Å²) >= 11 is 0. The summed E-state index contributed by atoms with van der Waals surface area (Å²) in [5.41, 5.74) is 0.170. The SMILES string of the molecule is CCNC(C)C(O)(CO)c1ccc2occc2c1. The zero-order chi connectivity index (χ0) is 13.2. The normalized spacial score (nSPS) is 16.7. The van der Waals surface area contributed by atoms with Crippen LogP contribution in [0, 0.1) is 0 Å². The number of fused-ring (bicyclic) bond motifs is 1. The van der Waals surface area contributed by atoms with Crippen LogP contribution in [0.4, 0.5) is 0 Å². The number of hydrogen-bond acceptors (Lipinski definition) is 4. The van der Waals surface area contributed by atoms with Gasteiger partial charge in [-0.1, -0.05) is 13.0 Å². The topological polar surface area (TPSA) is 65.6 Å². The van der Waals surface area contributed by atoms with E-state index >= 15 is 0 Å². The van der Waals surface area contributed by atoms with Gasteiger partial charge in [0, 0.05) is 11.4 Å². The molecule has 1 aromatic carbocycles. The largest absolute Gasteiger partial charge is 0.464 e. The zero-order valence-corrected chi connectivity index (χ0v) is 10.7. The van der Waals surface area contributed by atoms with Gasteiger partial charge in [0.05, 0.1) is 12.9 Å². The van der Waals surface area contributed by atoms with Gasteiger partial charge in [-0.3, -0.25) is 0 Å². The van der Waals surface area contributed by atoms with Crippen LogP contribution in [0.15, 0.2) is 34.9 Å². The van der Waals surface area contributed by atoms with E-state index in [0.717, 1.165) is 17.5 Å². The van der Waals surface area contributed by atoms with E-state index in [4.69, 9.17) is 4.42 Å². The van der Waals surface area contributed by atoms with E-state index in [9.17, 15) is 10.2 Å². The van der Waals surface area contributed by atoms with Crippen LogP contribution in [0.25, 0.3) is 11.0 Å². The molecule has 1 aromatic heterocycles. The lowest BCUT2D eigenvalue weighted by atomic mass is 9.87. The Morgan fingerprint density at radius 1 is 1.39 bits per heavy atom. The molecule has 4 heteroatoms. The van der Waals surface area contributed by atoms with Gasteiger partial charge in [0.25, 0.3) is 0 Å². The minimum absolute atomic E-state index is 0.239. The highest BCUT2D eigenvalue weighted by molar-refractivity contribution is 5.78. The zero-order valence-electron chi connectivity index (χ0n) is 10.7. The lowest BCUT2D eigenvalue weighted by Crippen LogP contribution is -2.49. The molecule has 0 aliphatic heterocycles. The quantitative estimate of drug-likeness (QED) is 0.753. The van der Waals surface area contributed by atoms with Crippen LogP contribution < -0.4 is 5.32 Å². The van der Waals surface area contributed by atoms with E-state index in [-0.39, 0.29) is 12.6 Å². The molecule has 0 fully saturated rings. The van der Waals surface area contributed by atoms with Crippen LogP contribution in [0.2, 0.25) is 0 Å². The minimum Gasteiger partial charge on any atom is -0.464 e. The molecule has 0 bridgehead atoms. The fraction of sp³-hybridized carbons (Fsp3) is 0.429. The fourth-order valence-electron chi connectivity index (χ4n) is 2.19. The van der Waals surface area contributed by atoms with Gasteiger partial charge in [0.15, 0.2) is 0 Å². The first-order valence-corrected chi connectivity index (χ1v) is 6.16. The maximum atomic E-state index is 10.6. The summed E-state index contributed by atoms with van der Waals surface area (Å²) in [5, 5.41) is 24.3. The molecule has 0 radical (unpaired) electrons. The van der Waals surface area contributed by atoms with Crippen molar-refractivity contribution in [1.29, 1.82) is 0 Å².